The number of amides is 1. The number of nitrogens with one attached hydrogen (secondary N) is 1. The lowest BCUT2D eigenvalue weighted by molar-refractivity contribution is -0.116. The summed E-state index contributed by atoms with van der Waals surface area (Å²) in [6.45, 7) is 4.10. The highest BCUT2D eigenvalue weighted by Crippen LogP contribution is 2.22. The van der Waals surface area contributed by atoms with E-state index < -0.39 is 0 Å². The van der Waals surface area contributed by atoms with Gasteiger partial charge in [0.15, 0.2) is 5.65 Å². The molecule has 0 aliphatic heterocycles. The van der Waals surface area contributed by atoms with Gasteiger partial charge < -0.3 is 5.32 Å². The molecule has 0 atom stereocenters. The molecule has 8 heteroatoms. The van der Waals surface area contributed by atoms with Gasteiger partial charge in [-0.2, -0.15) is 0 Å². The van der Waals surface area contributed by atoms with Gasteiger partial charge in [0.2, 0.25) is 11.0 Å². The topological polar surface area (TPSA) is 85.1 Å². The predicted octanol–water partition coefficient (Wildman–Crippen LogP) is 2.67. The molecule has 0 saturated heterocycles. The summed E-state index contributed by atoms with van der Waals surface area (Å²) in [5.41, 5.74) is 0.821. The summed E-state index contributed by atoms with van der Waals surface area (Å²) in [5, 5.41) is 20.6. The van der Waals surface area contributed by atoms with Gasteiger partial charge in [0.25, 0.3) is 0 Å². The van der Waals surface area contributed by atoms with Crippen LogP contribution in [0.5, 0.6) is 0 Å². The fourth-order valence-electron chi connectivity index (χ4n) is 2.17. The molecule has 3 aromatic heterocycles. The Kier molecular flexibility index (Phi) is 4.61. The second-order valence-corrected chi connectivity index (χ2v) is 6.56. The van der Waals surface area contributed by atoms with Crippen molar-refractivity contribution in [3.8, 4) is 0 Å². The Balaban J connectivity index is 1.51. The van der Waals surface area contributed by atoms with Gasteiger partial charge in [0, 0.05) is 25.0 Å². The van der Waals surface area contributed by atoms with Gasteiger partial charge in [-0.15, -0.1) is 20.4 Å². The molecule has 7 nitrogen and oxygen atoms in total. The first-order valence-corrected chi connectivity index (χ1v) is 8.37. The number of fused-ring (bicyclic) bond motifs is 1. The average molecular weight is 330 g/mol. The SMILES string of the molecule is CC(C)c1nnc(NC(=O)CCCc2nnc3ccccn23)s1. The molecule has 3 aromatic rings. The molecule has 3 rings (SSSR count). The van der Waals surface area contributed by atoms with E-state index in [-0.39, 0.29) is 5.91 Å². The molecule has 0 aromatic carbocycles. The van der Waals surface area contributed by atoms with Crippen molar-refractivity contribution in [1.29, 1.82) is 0 Å². The second kappa shape index (κ2) is 6.82. The Bertz CT molecular complexity index is 809. The number of aryl methyl sites for hydroxylation is 1. The van der Waals surface area contributed by atoms with Crippen molar-refractivity contribution in [1.82, 2.24) is 24.8 Å². The van der Waals surface area contributed by atoms with Crippen molar-refractivity contribution in [2.24, 2.45) is 0 Å². The molecule has 0 radical (unpaired) electrons. The predicted molar refractivity (Wildman–Crippen MR) is 88.6 cm³/mol. The minimum Gasteiger partial charge on any atom is -0.301 e. The summed E-state index contributed by atoms with van der Waals surface area (Å²) in [6.07, 6.45) is 3.75. The number of hydrogen-bond acceptors (Lipinski definition) is 6. The molecule has 0 fully saturated rings. The summed E-state index contributed by atoms with van der Waals surface area (Å²) in [5.74, 6) is 1.14. The molecule has 0 spiro atoms. The normalized spacial score (nSPS) is 11.3. The van der Waals surface area contributed by atoms with Crippen LogP contribution in [0.15, 0.2) is 24.4 Å². The van der Waals surface area contributed by atoms with E-state index in [0.717, 1.165) is 16.5 Å². The highest BCUT2D eigenvalue weighted by atomic mass is 32.1. The van der Waals surface area contributed by atoms with E-state index in [1.54, 1.807) is 0 Å². The molecular formula is C15H18N6OS. The van der Waals surface area contributed by atoms with Gasteiger partial charge in [-0.05, 0) is 18.6 Å². The fourth-order valence-corrected chi connectivity index (χ4v) is 2.93. The third-order valence-electron chi connectivity index (χ3n) is 3.37. The van der Waals surface area contributed by atoms with E-state index in [4.69, 9.17) is 0 Å². The minimum absolute atomic E-state index is 0.0507. The van der Waals surface area contributed by atoms with Gasteiger partial charge in [-0.3, -0.25) is 9.20 Å². The fraction of sp³-hybridized carbons (Fsp3) is 0.400. The minimum atomic E-state index is -0.0507. The first-order valence-electron chi connectivity index (χ1n) is 7.55. The molecule has 1 N–H and O–H groups in total. The molecule has 0 unspecified atom stereocenters. The van der Waals surface area contributed by atoms with Gasteiger partial charge in [0.05, 0.1) is 0 Å². The number of nitrogens with zero attached hydrogens (tertiary/aromatic N) is 5. The van der Waals surface area contributed by atoms with Crippen LogP contribution in [0.25, 0.3) is 5.65 Å². The van der Waals surface area contributed by atoms with Crippen LogP contribution < -0.4 is 5.32 Å². The number of pyridine rings is 1. The monoisotopic (exact) mass is 330 g/mol. The maximum atomic E-state index is 12.0. The first-order chi connectivity index (χ1) is 11.1. The summed E-state index contributed by atoms with van der Waals surface area (Å²) < 4.78 is 1.94. The molecule has 3 heterocycles. The number of carbonyl (C=O) groups excluding carboxylic acids is 1. The van der Waals surface area contributed by atoms with Gasteiger partial charge in [0.1, 0.15) is 10.8 Å². The third-order valence-corrected chi connectivity index (χ3v) is 4.51. The molecule has 23 heavy (non-hydrogen) atoms. The number of carbonyl (C=O) groups is 1. The standard InChI is InChI=1S/C15H18N6OS/c1-10(2)14-19-20-15(23-14)16-13(22)8-5-7-12-18-17-11-6-3-4-9-21(11)12/h3-4,6,9-10H,5,7-8H2,1-2H3,(H,16,20,22). The largest absolute Gasteiger partial charge is 0.301 e. The molecule has 120 valence electrons. The van der Waals surface area contributed by atoms with Crippen molar-refractivity contribution in [2.45, 2.75) is 39.0 Å². The van der Waals surface area contributed by atoms with Crippen LogP contribution in [-0.4, -0.2) is 30.7 Å². The Labute approximate surface area is 137 Å². The quantitative estimate of drug-likeness (QED) is 0.751. The van der Waals surface area contributed by atoms with Crippen molar-refractivity contribution in [3.05, 3.63) is 35.2 Å². The number of anilines is 1. The zero-order valence-electron chi connectivity index (χ0n) is 13.1. The van der Waals surface area contributed by atoms with Crippen molar-refractivity contribution in [3.63, 3.8) is 0 Å². The summed E-state index contributed by atoms with van der Waals surface area (Å²) in [7, 11) is 0. The van der Waals surface area contributed by atoms with Crippen LogP contribution in [0.3, 0.4) is 0 Å². The van der Waals surface area contributed by atoms with Crippen LogP contribution >= 0.6 is 11.3 Å². The number of hydrogen-bond donors (Lipinski definition) is 1. The highest BCUT2D eigenvalue weighted by Gasteiger charge is 2.11. The Hall–Kier alpha value is -2.35. The van der Waals surface area contributed by atoms with E-state index in [2.05, 4.69) is 39.6 Å². The van der Waals surface area contributed by atoms with Gasteiger partial charge in [-0.1, -0.05) is 31.3 Å². The molecule has 0 saturated carbocycles. The summed E-state index contributed by atoms with van der Waals surface area (Å²) >= 11 is 1.42. The van der Waals surface area contributed by atoms with E-state index in [0.29, 0.717) is 30.3 Å². The first kappa shape index (κ1) is 15.5. The van der Waals surface area contributed by atoms with E-state index in [1.807, 2.05) is 28.8 Å². The molecule has 0 aliphatic carbocycles. The number of aromatic nitrogens is 5. The van der Waals surface area contributed by atoms with E-state index in [9.17, 15) is 4.79 Å². The molecule has 0 bridgehead atoms. The number of rotatable bonds is 6. The molecule has 0 aliphatic rings. The van der Waals surface area contributed by atoms with Gasteiger partial charge >= 0.3 is 0 Å². The summed E-state index contributed by atoms with van der Waals surface area (Å²) in [4.78, 5) is 12.0. The van der Waals surface area contributed by atoms with Crippen molar-refractivity contribution >= 4 is 28.0 Å². The van der Waals surface area contributed by atoms with Crippen LogP contribution in [0, 0.1) is 0 Å². The zero-order valence-corrected chi connectivity index (χ0v) is 13.9. The van der Waals surface area contributed by atoms with Crippen LogP contribution in [0.4, 0.5) is 5.13 Å². The lowest BCUT2D eigenvalue weighted by Crippen LogP contribution is -2.11. The summed E-state index contributed by atoms with van der Waals surface area (Å²) in [6, 6.07) is 5.77. The average Bonchev–Trinajstić information content (AvgIpc) is 3.15. The maximum absolute atomic E-state index is 12.0. The Morgan fingerprint density at radius 2 is 2.13 bits per heavy atom. The van der Waals surface area contributed by atoms with Crippen LogP contribution in [-0.2, 0) is 11.2 Å². The highest BCUT2D eigenvalue weighted by molar-refractivity contribution is 7.15. The van der Waals surface area contributed by atoms with E-state index in [1.165, 1.54) is 11.3 Å². The van der Waals surface area contributed by atoms with Gasteiger partial charge in [-0.25, -0.2) is 0 Å². The van der Waals surface area contributed by atoms with Crippen molar-refractivity contribution in [2.75, 3.05) is 5.32 Å². The Morgan fingerprint density at radius 3 is 2.91 bits per heavy atom. The third kappa shape index (κ3) is 3.70. The van der Waals surface area contributed by atoms with Crippen LogP contribution in [0.1, 0.15) is 43.4 Å². The Morgan fingerprint density at radius 1 is 1.26 bits per heavy atom. The smallest absolute Gasteiger partial charge is 0.226 e. The lowest BCUT2D eigenvalue weighted by atomic mass is 10.2. The van der Waals surface area contributed by atoms with E-state index >= 15 is 0 Å². The van der Waals surface area contributed by atoms with Crippen molar-refractivity contribution < 1.29 is 4.79 Å². The lowest BCUT2D eigenvalue weighted by Gasteiger charge is -2.01. The molecular weight excluding hydrogens is 312 g/mol. The second-order valence-electron chi connectivity index (χ2n) is 5.55. The zero-order chi connectivity index (χ0) is 16.2. The van der Waals surface area contributed by atoms with Crippen LogP contribution in [0.2, 0.25) is 0 Å². The molecule has 1 amide bonds. The maximum Gasteiger partial charge on any atom is 0.226 e.